The SMILES string of the molecule is CC1(C)CC1NC(=O)C1C2CNC1C2. The second kappa shape index (κ2) is 2.51. The van der Waals surface area contributed by atoms with Gasteiger partial charge in [0.15, 0.2) is 0 Å². The van der Waals surface area contributed by atoms with E-state index in [-0.39, 0.29) is 5.92 Å². The van der Waals surface area contributed by atoms with Crippen LogP contribution in [0.3, 0.4) is 0 Å². The second-order valence-electron chi connectivity index (χ2n) is 5.79. The van der Waals surface area contributed by atoms with E-state index in [1.807, 2.05) is 0 Å². The number of amides is 1. The van der Waals surface area contributed by atoms with Crippen molar-refractivity contribution in [3.63, 3.8) is 0 Å². The van der Waals surface area contributed by atoms with Crippen molar-refractivity contribution in [2.24, 2.45) is 17.3 Å². The van der Waals surface area contributed by atoms with Crippen LogP contribution in [0.5, 0.6) is 0 Å². The fourth-order valence-electron chi connectivity index (χ4n) is 2.85. The van der Waals surface area contributed by atoms with Crippen LogP contribution in [0.25, 0.3) is 0 Å². The molecule has 3 nitrogen and oxygen atoms in total. The predicted molar refractivity (Wildman–Crippen MR) is 53.7 cm³/mol. The summed E-state index contributed by atoms with van der Waals surface area (Å²) in [5.74, 6) is 1.21. The van der Waals surface area contributed by atoms with Crippen LogP contribution in [0, 0.1) is 17.3 Å². The fourth-order valence-corrected chi connectivity index (χ4v) is 2.85. The molecule has 2 saturated heterocycles. The van der Waals surface area contributed by atoms with Crippen molar-refractivity contribution in [3.05, 3.63) is 0 Å². The molecule has 4 rings (SSSR count). The Kier molecular flexibility index (Phi) is 1.56. The fraction of sp³-hybridized carbons (Fsp3) is 0.909. The van der Waals surface area contributed by atoms with Crippen LogP contribution in [-0.2, 0) is 4.79 Å². The Morgan fingerprint density at radius 2 is 2.21 bits per heavy atom. The van der Waals surface area contributed by atoms with E-state index in [2.05, 4.69) is 24.5 Å². The topological polar surface area (TPSA) is 41.1 Å². The van der Waals surface area contributed by atoms with Gasteiger partial charge in [0, 0.05) is 12.1 Å². The Balaban J connectivity index is 1.57. The van der Waals surface area contributed by atoms with E-state index in [4.69, 9.17) is 0 Å². The van der Waals surface area contributed by atoms with Crippen molar-refractivity contribution in [2.75, 3.05) is 6.54 Å². The Hall–Kier alpha value is -0.570. The summed E-state index contributed by atoms with van der Waals surface area (Å²) in [6.07, 6.45) is 2.36. The minimum Gasteiger partial charge on any atom is -0.353 e. The molecule has 2 saturated carbocycles. The van der Waals surface area contributed by atoms with E-state index in [0.717, 1.165) is 13.0 Å². The number of hydrogen-bond donors (Lipinski definition) is 2. The summed E-state index contributed by atoms with van der Waals surface area (Å²) in [6, 6.07) is 0.928. The van der Waals surface area contributed by atoms with E-state index in [1.54, 1.807) is 0 Å². The molecule has 2 heterocycles. The minimum absolute atomic E-state index is 0.284. The monoisotopic (exact) mass is 194 g/mol. The Morgan fingerprint density at radius 1 is 1.50 bits per heavy atom. The van der Waals surface area contributed by atoms with E-state index in [1.165, 1.54) is 6.42 Å². The van der Waals surface area contributed by atoms with Crippen molar-refractivity contribution in [3.8, 4) is 0 Å². The molecule has 2 N–H and O–H groups in total. The lowest BCUT2D eigenvalue weighted by molar-refractivity contribution is -0.129. The van der Waals surface area contributed by atoms with E-state index in [9.17, 15) is 4.79 Å². The largest absolute Gasteiger partial charge is 0.353 e. The van der Waals surface area contributed by atoms with Gasteiger partial charge < -0.3 is 10.6 Å². The van der Waals surface area contributed by atoms with E-state index >= 15 is 0 Å². The van der Waals surface area contributed by atoms with Crippen LogP contribution in [-0.4, -0.2) is 24.5 Å². The van der Waals surface area contributed by atoms with Crippen LogP contribution >= 0.6 is 0 Å². The maximum Gasteiger partial charge on any atom is 0.225 e. The highest BCUT2D eigenvalue weighted by Crippen LogP contribution is 2.46. The van der Waals surface area contributed by atoms with Crippen LogP contribution in [0.4, 0.5) is 0 Å². The lowest BCUT2D eigenvalue weighted by Gasteiger charge is -2.33. The molecule has 78 valence electrons. The van der Waals surface area contributed by atoms with Gasteiger partial charge in [0.05, 0.1) is 5.92 Å². The lowest BCUT2D eigenvalue weighted by atomic mass is 9.73. The second-order valence-corrected chi connectivity index (χ2v) is 5.79. The smallest absolute Gasteiger partial charge is 0.225 e. The third-order valence-corrected chi connectivity index (χ3v) is 4.27. The summed E-state index contributed by atoms with van der Waals surface area (Å²) in [6.45, 7) is 5.48. The molecule has 0 spiro atoms. The van der Waals surface area contributed by atoms with Gasteiger partial charge in [0.25, 0.3) is 0 Å². The third kappa shape index (κ3) is 1.11. The van der Waals surface area contributed by atoms with Crippen LogP contribution < -0.4 is 10.6 Å². The Labute approximate surface area is 84.6 Å². The first-order chi connectivity index (χ1) is 6.58. The van der Waals surface area contributed by atoms with Gasteiger partial charge in [-0.2, -0.15) is 0 Å². The number of fused-ring (bicyclic) bond motifs is 1. The first-order valence-electron chi connectivity index (χ1n) is 5.62. The van der Waals surface area contributed by atoms with Crippen LogP contribution in [0.1, 0.15) is 26.7 Å². The molecule has 2 aliphatic carbocycles. The molecule has 0 aromatic heterocycles. The van der Waals surface area contributed by atoms with Gasteiger partial charge in [-0.05, 0) is 30.7 Å². The molecular formula is C11H18N2O. The number of nitrogens with one attached hydrogen (secondary N) is 2. The maximum absolute atomic E-state index is 11.9. The highest BCUT2D eigenvalue weighted by atomic mass is 16.2. The molecule has 0 radical (unpaired) electrons. The molecule has 14 heavy (non-hydrogen) atoms. The Morgan fingerprint density at radius 3 is 2.64 bits per heavy atom. The number of carbonyl (C=O) groups excluding carboxylic acids is 1. The molecule has 0 aromatic rings. The highest BCUT2D eigenvalue weighted by Gasteiger charge is 2.53. The zero-order valence-electron chi connectivity index (χ0n) is 8.84. The summed E-state index contributed by atoms with van der Waals surface area (Å²) in [5.41, 5.74) is 0.353. The zero-order chi connectivity index (χ0) is 9.92. The number of carbonyl (C=O) groups is 1. The molecular weight excluding hydrogens is 176 g/mol. The minimum atomic E-state index is 0.284. The van der Waals surface area contributed by atoms with Gasteiger partial charge in [0.2, 0.25) is 5.91 Å². The molecule has 2 aliphatic heterocycles. The van der Waals surface area contributed by atoms with Crippen molar-refractivity contribution < 1.29 is 4.79 Å². The molecule has 0 aromatic carbocycles. The average Bonchev–Trinajstić information content (AvgIpc) is 2.56. The summed E-state index contributed by atoms with van der Waals surface area (Å²) >= 11 is 0. The summed E-state index contributed by atoms with van der Waals surface area (Å²) < 4.78 is 0. The third-order valence-electron chi connectivity index (χ3n) is 4.27. The van der Waals surface area contributed by atoms with Crippen molar-refractivity contribution >= 4 is 5.91 Å². The maximum atomic E-state index is 11.9. The molecule has 4 atom stereocenters. The lowest BCUT2D eigenvalue weighted by Crippen LogP contribution is -2.48. The normalized spacial score (nSPS) is 47.0. The summed E-state index contributed by atoms with van der Waals surface area (Å²) in [5, 5.41) is 6.55. The van der Waals surface area contributed by atoms with Crippen LogP contribution in [0.2, 0.25) is 0 Å². The first kappa shape index (κ1) is 8.72. The van der Waals surface area contributed by atoms with Crippen LogP contribution in [0.15, 0.2) is 0 Å². The molecule has 3 heteroatoms. The van der Waals surface area contributed by atoms with Crippen molar-refractivity contribution in [1.82, 2.24) is 10.6 Å². The van der Waals surface area contributed by atoms with Gasteiger partial charge in [-0.3, -0.25) is 4.79 Å². The van der Waals surface area contributed by atoms with Gasteiger partial charge in [0.1, 0.15) is 0 Å². The van der Waals surface area contributed by atoms with Crippen molar-refractivity contribution in [1.29, 1.82) is 0 Å². The highest BCUT2D eigenvalue weighted by molar-refractivity contribution is 5.82. The zero-order valence-corrected chi connectivity index (χ0v) is 8.84. The van der Waals surface area contributed by atoms with Gasteiger partial charge in [-0.25, -0.2) is 0 Å². The number of hydrogen-bond acceptors (Lipinski definition) is 2. The molecule has 4 fully saturated rings. The Bertz CT molecular complexity index is 273. The molecule has 1 amide bonds. The molecule has 4 unspecified atom stereocenters. The standard InChI is InChI=1S/C11H18N2O/c1-11(2)4-8(11)13-10(14)9-6-3-7(9)12-5-6/h6-9,12H,3-5H2,1-2H3,(H,13,14). The summed E-state index contributed by atoms with van der Waals surface area (Å²) in [7, 11) is 0. The molecule has 2 bridgehead atoms. The number of rotatable bonds is 2. The quantitative estimate of drug-likeness (QED) is 0.672. The first-order valence-corrected chi connectivity index (χ1v) is 5.62. The average molecular weight is 194 g/mol. The van der Waals surface area contributed by atoms with Gasteiger partial charge >= 0.3 is 0 Å². The van der Waals surface area contributed by atoms with Crippen molar-refractivity contribution in [2.45, 2.75) is 38.8 Å². The summed E-state index contributed by atoms with van der Waals surface area (Å²) in [4.78, 5) is 11.9. The van der Waals surface area contributed by atoms with Gasteiger partial charge in [-0.15, -0.1) is 0 Å². The van der Waals surface area contributed by atoms with Gasteiger partial charge in [-0.1, -0.05) is 13.8 Å². The van der Waals surface area contributed by atoms with E-state index in [0.29, 0.717) is 29.3 Å². The predicted octanol–water partition coefficient (Wildman–Crippen LogP) is 0.509. The van der Waals surface area contributed by atoms with E-state index < -0.39 is 0 Å². The molecule has 4 aliphatic rings.